The van der Waals surface area contributed by atoms with Gasteiger partial charge in [0, 0.05) is 6.42 Å². The molecule has 1 amide bonds. The Morgan fingerprint density at radius 2 is 0.792 bits per heavy atom. The van der Waals surface area contributed by atoms with Gasteiger partial charge in [-0.15, -0.1) is 0 Å². The number of rotatable bonds is 41. The van der Waals surface area contributed by atoms with E-state index in [1.807, 2.05) is 6.08 Å². The van der Waals surface area contributed by atoms with E-state index in [0.29, 0.717) is 6.42 Å². The highest BCUT2D eigenvalue weighted by Gasteiger charge is 2.17. The van der Waals surface area contributed by atoms with Crippen molar-refractivity contribution in [2.75, 3.05) is 6.61 Å². The van der Waals surface area contributed by atoms with Crippen molar-refractivity contribution in [1.29, 1.82) is 0 Å². The number of unbranched alkanes of at least 4 members (excludes halogenated alkanes) is 26. The topological polar surface area (TPSA) is 69.6 Å². The van der Waals surface area contributed by atoms with Gasteiger partial charge >= 0.3 is 0 Å². The summed E-state index contributed by atoms with van der Waals surface area (Å²) in [6.07, 6.45) is 62.0. The van der Waals surface area contributed by atoms with Crippen LogP contribution in [-0.2, 0) is 4.79 Å². The molecule has 0 aromatic heterocycles. The molecule has 3 N–H and O–H groups in total. The molecule has 0 saturated heterocycles. The Hall–Kier alpha value is -1.91. The van der Waals surface area contributed by atoms with Crippen LogP contribution in [0.1, 0.15) is 226 Å². The van der Waals surface area contributed by atoms with Crippen molar-refractivity contribution < 1.29 is 15.0 Å². The molecule has 0 saturated carbocycles. The summed E-state index contributed by atoms with van der Waals surface area (Å²) in [5.74, 6) is -0.0933. The van der Waals surface area contributed by atoms with Gasteiger partial charge in [-0.3, -0.25) is 4.79 Å². The van der Waals surface area contributed by atoms with Crippen molar-refractivity contribution in [1.82, 2.24) is 5.32 Å². The molecule has 0 heterocycles. The Labute approximate surface area is 330 Å². The van der Waals surface area contributed by atoms with Crippen LogP contribution in [0.4, 0.5) is 0 Å². The van der Waals surface area contributed by atoms with Crippen LogP contribution >= 0.6 is 0 Å². The van der Waals surface area contributed by atoms with Gasteiger partial charge in [0.25, 0.3) is 0 Å². The van der Waals surface area contributed by atoms with Crippen LogP contribution in [-0.4, -0.2) is 34.9 Å². The summed E-state index contributed by atoms with van der Waals surface area (Å²) in [6.45, 7) is 4.26. The fourth-order valence-corrected chi connectivity index (χ4v) is 6.65. The predicted octanol–water partition coefficient (Wildman–Crippen LogP) is 14.5. The van der Waals surface area contributed by atoms with Gasteiger partial charge in [-0.1, -0.05) is 203 Å². The van der Waals surface area contributed by atoms with Gasteiger partial charge in [0.15, 0.2) is 0 Å². The van der Waals surface area contributed by atoms with Gasteiger partial charge in [-0.25, -0.2) is 0 Å². The minimum Gasteiger partial charge on any atom is -0.394 e. The van der Waals surface area contributed by atoms with Crippen LogP contribution in [0.15, 0.2) is 60.8 Å². The third-order valence-corrected chi connectivity index (χ3v) is 10.2. The van der Waals surface area contributed by atoms with Crippen molar-refractivity contribution in [2.45, 2.75) is 238 Å². The van der Waals surface area contributed by atoms with E-state index in [4.69, 9.17) is 0 Å². The lowest BCUT2D eigenvalue weighted by atomic mass is 10.0. The van der Waals surface area contributed by atoms with Crippen LogP contribution < -0.4 is 5.32 Å². The van der Waals surface area contributed by atoms with Gasteiger partial charge in [-0.2, -0.15) is 0 Å². The van der Waals surface area contributed by atoms with E-state index in [2.05, 4.69) is 67.8 Å². The molecule has 2 unspecified atom stereocenters. The predicted molar refractivity (Wildman–Crippen MR) is 234 cm³/mol. The first-order valence-electron chi connectivity index (χ1n) is 23.0. The van der Waals surface area contributed by atoms with Crippen LogP contribution in [0, 0.1) is 0 Å². The van der Waals surface area contributed by atoms with Crippen molar-refractivity contribution in [3.05, 3.63) is 60.8 Å². The molecule has 4 nitrogen and oxygen atoms in total. The van der Waals surface area contributed by atoms with Gasteiger partial charge in [0.05, 0.1) is 18.8 Å². The number of nitrogens with one attached hydrogen (secondary N) is 1. The van der Waals surface area contributed by atoms with E-state index in [9.17, 15) is 15.0 Å². The molecular formula is C49H89NO3. The fraction of sp³-hybridized carbons (Fsp3) is 0.776. The first-order chi connectivity index (χ1) is 26.2. The van der Waals surface area contributed by atoms with Gasteiger partial charge in [0.2, 0.25) is 5.91 Å². The van der Waals surface area contributed by atoms with Crippen LogP contribution in [0.3, 0.4) is 0 Å². The molecule has 4 heteroatoms. The lowest BCUT2D eigenvalue weighted by Gasteiger charge is -2.19. The van der Waals surface area contributed by atoms with Gasteiger partial charge in [0.1, 0.15) is 0 Å². The number of amides is 1. The fourth-order valence-electron chi connectivity index (χ4n) is 6.65. The highest BCUT2D eigenvalue weighted by molar-refractivity contribution is 5.76. The second-order valence-electron chi connectivity index (χ2n) is 15.4. The second-order valence-corrected chi connectivity index (χ2v) is 15.4. The molecule has 0 radical (unpaired) electrons. The first-order valence-corrected chi connectivity index (χ1v) is 23.0. The number of carbonyl (C=O) groups is 1. The molecule has 308 valence electrons. The number of carbonyl (C=O) groups excluding carboxylic acids is 1. The molecule has 0 fully saturated rings. The van der Waals surface area contributed by atoms with E-state index in [1.165, 1.54) is 148 Å². The minimum absolute atomic E-state index is 0.0933. The first kappa shape index (κ1) is 51.1. The summed E-state index contributed by atoms with van der Waals surface area (Å²) in [4.78, 5) is 12.4. The number of allylic oxidation sites excluding steroid dienone is 9. The van der Waals surface area contributed by atoms with E-state index >= 15 is 0 Å². The zero-order chi connectivity index (χ0) is 38.6. The zero-order valence-electron chi connectivity index (χ0n) is 35.3. The Balaban J connectivity index is 3.64. The number of aliphatic hydroxyl groups excluding tert-OH is 2. The van der Waals surface area contributed by atoms with Crippen LogP contribution in [0.5, 0.6) is 0 Å². The summed E-state index contributed by atoms with van der Waals surface area (Å²) < 4.78 is 0. The Kier molecular flexibility index (Phi) is 42.9. The van der Waals surface area contributed by atoms with Gasteiger partial charge in [-0.05, 0) is 77.0 Å². The third-order valence-electron chi connectivity index (χ3n) is 10.2. The Morgan fingerprint density at radius 1 is 0.453 bits per heavy atom. The number of aliphatic hydroxyl groups is 2. The zero-order valence-corrected chi connectivity index (χ0v) is 35.3. The maximum atomic E-state index is 12.4. The second kappa shape index (κ2) is 44.5. The summed E-state index contributed by atoms with van der Waals surface area (Å²) in [7, 11) is 0. The summed E-state index contributed by atoms with van der Waals surface area (Å²) in [6, 6.07) is -0.654. The smallest absolute Gasteiger partial charge is 0.220 e. The molecule has 0 aliphatic heterocycles. The molecule has 0 aliphatic carbocycles. The molecule has 0 rings (SSSR count). The largest absolute Gasteiger partial charge is 0.394 e. The monoisotopic (exact) mass is 740 g/mol. The highest BCUT2D eigenvalue weighted by atomic mass is 16.3. The van der Waals surface area contributed by atoms with Gasteiger partial charge < -0.3 is 15.5 Å². The van der Waals surface area contributed by atoms with Crippen molar-refractivity contribution >= 4 is 5.91 Å². The number of hydrogen-bond donors (Lipinski definition) is 3. The van der Waals surface area contributed by atoms with E-state index in [0.717, 1.165) is 57.8 Å². The minimum atomic E-state index is -0.878. The van der Waals surface area contributed by atoms with Crippen LogP contribution in [0.25, 0.3) is 0 Å². The quantitative estimate of drug-likeness (QED) is 0.0432. The van der Waals surface area contributed by atoms with E-state index in [-0.39, 0.29) is 12.5 Å². The molecule has 0 spiro atoms. The molecule has 0 aliphatic rings. The summed E-state index contributed by atoms with van der Waals surface area (Å²) >= 11 is 0. The Bertz CT molecular complexity index is 888. The standard InChI is InChI=1S/C49H89NO3/c1-3-5-7-9-11-13-15-17-19-20-21-22-23-24-25-26-27-28-29-31-32-34-36-38-40-42-44-48(52)47(46-51)50-49(53)45-43-41-39-37-35-33-30-18-16-14-12-10-8-6-4-2/h12,14,18,28-30,34,36,42,44,47-48,51-52H,3-11,13,15-17,19-27,31-33,35,37-41,43,45-46H2,1-2H3,(H,50,53)/b14-12-,29-28+,30-18-,36-34+,44-42+. The van der Waals surface area contributed by atoms with Crippen molar-refractivity contribution in [2.24, 2.45) is 0 Å². The number of hydrogen-bond acceptors (Lipinski definition) is 3. The molecule has 0 aromatic carbocycles. The molecular weight excluding hydrogens is 651 g/mol. The maximum absolute atomic E-state index is 12.4. The van der Waals surface area contributed by atoms with E-state index < -0.39 is 12.1 Å². The summed E-state index contributed by atoms with van der Waals surface area (Å²) in [5, 5.41) is 23.0. The molecule has 53 heavy (non-hydrogen) atoms. The normalized spacial score (nSPS) is 13.5. The lowest BCUT2D eigenvalue weighted by molar-refractivity contribution is -0.123. The maximum Gasteiger partial charge on any atom is 0.220 e. The summed E-state index contributed by atoms with van der Waals surface area (Å²) in [5.41, 5.74) is 0. The van der Waals surface area contributed by atoms with Crippen molar-refractivity contribution in [3.8, 4) is 0 Å². The SMILES string of the molecule is CCCCC/C=C\C/C=C\CCCCCCCC(=O)NC(CO)C(O)/C=C/CC/C=C/CC/C=C/CCCCCCCCCCCCCCCCCC. The van der Waals surface area contributed by atoms with Crippen LogP contribution in [0.2, 0.25) is 0 Å². The lowest BCUT2D eigenvalue weighted by Crippen LogP contribution is -2.45. The average Bonchev–Trinajstić information content (AvgIpc) is 3.16. The average molecular weight is 740 g/mol. The highest BCUT2D eigenvalue weighted by Crippen LogP contribution is 2.14. The molecule has 2 atom stereocenters. The molecule has 0 bridgehead atoms. The van der Waals surface area contributed by atoms with E-state index in [1.54, 1.807) is 6.08 Å². The van der Waals surface area contributed by atoms with Crippen molar-refractivity contribution in [3.63, 3.8) is 0 Å². The third kappa shape index (κ3) is 41.1. The Morgan fingerprint density at radius 3 is 1.25 bits per heavy atom. The molecule has 0 aromatic rings.